The van der Waals surface area contributed by atoms with Crippen LogP contribution in [0.4, 0.5) is 0 Å². The van der Waals surface area contributed by atoms with Gasteiger partial charge in [0.2, 0.25) is 5.95 Å². The molecule has 0 spiro atoms. The van der Waals surface area contributed by atoms with E-state index in [0.717, 1.165) is 98.7 Å². The molecule has 0 saturated heterocycles. The molecule has 0 saturated carbocycles. The molecule has 7 nitrogen and oxygen atoms in total. The second-order valence-corrected chi connectivity index (χ2v) is 18.3. The highest BCUT2D eigenvalue weighted by Crippen LogP contribution is 2.44. The highest BCUT2D eigenvalue weighted by molar-refractivity contribution is 6.23. The van der Waals surface area contributed by atoms with Gasteiger partial charge in [0.15, 0.2) is 11.6 Å². The molecular weight excluding hydrogens is 859 g/mol. The van der Waals surface area contributed by atoms with E-state index in [-0.39, 0.29) is 0 Å². The van der Waals surface area contributed by atoms with Crippen molar-refractivity contribution in [3.63, 3.8) is 0 Å². The minimum Gasteiger partial charge on any atom is -0.456 e. The van der Waals surface area contributed by atoms with Crippen LogP contribution in [0, 0.1) is 0 Å². The Morgan fingerprint density at radius 2 is 0.829 bits per heavy atom. The van der Waals surface area contributed by atoms with Crippen molar-refractivity contribution in [1.29, 1.82) is 0 Å². The van der Waals surface area contributed by atoms with Gasteiger partial charge in [-0.05, 0) is 105 Å². The average molecular weight is 894 g/mol. The maximum absolute atomic E-state index is 7.02. The second kappa shape index (κ2) is 14.0. The van der Waals surface area contributed by atoms with Crippen molar-refractivity contribution in [3.05, 3.63) is 212 Å². The molecule has 11 aromatic carbocycles. The van der Waals surface area contributed by atoms with E-state index in [9.17, 15) is 0 Å². The largest absolute Gasteiger partial charge is 0.456 e. The summed E-state index contributed by atoms with van der Waals surface area (Å²) in [5.41, 5.74) is 10.1. The predicted molar refractivity (Wildman–Crippen MR) is 286 cm³/mol. The lowest BCUT2D eigenvalue weighted by Crippen LogP contribution is -2.06. The number of fused-ring (bicyclic) bond motifs is 16. The summed E-state index contributed by atoms with van der Waals surface area (Å²) in [6.07, 6.45) is 0. The van der Waals surface area contributed by atoms with Gasteiger partial charge in [-0.25, -0.2) is 4.98 Å². The van der Waals surface area contributed by atoms with Crippen LogP contribution in [0.3, 0.4) is 0 Å². The third kappa shape index (κ3) is 5.25. The van der Waals surface area contributed by atoms with E-state index in [4.69, 9.17) is 23.8 Å². The first kappa shape index (κ1) is 37.5. The van der Waals surface area contributed by atoms with Gasteiger partial charge >= 0.3 is 0 Å². The smallest absolute Gasteiger partial charge is 0.238 e. The molecule has 7 heteroatoms. The normalized spacial score (nSPS) is 12.3. The zero-order valence-electron chi connectivity index (χ0n) is 37.3. The molecule has 0 radical (unpaired) electrons. The fraction of sp³-hybridized carbons (Fsp3) is 0. The molecule has 5 aromatic heterocycles. The maximum atomic E-state index is 7.02. The van der Waals surface area contributed by atoms with Gasteiger partial charge in [-0.2, -0.15) is 9.97 Å². The molecule has 0 atom stereocenters. The molecule has 0 bridgehead atoms. The van der Waals surface area contributed by atoms with E-state index >= 15 is 0 Å². The molecule has 0 N–H and O–H groups in total. The molecule has 0 aliphatic carbocycles. The Kier molecular flexibility index (Phi) is 7.49. The molecule has 5 heterocycles. The molecule has 0 amide bonds. The van der Waals surface area contributed by atoms with Crippen LogP contribution in [0.25, 0.3) is 154 Å². The van der Waals surface area contributed by atoms with Gasteiger partial charge in [0, 0.05) is 54.3 Å². The summed E-state index contributed by atoms with van der Waals surface area (Å²) in [5.74, 6) is 1.54. The van der Waals surface area contributed by atoms with Crippen molar-refractivity contribution >= 4 is 120 Å². The van der Waals surface area contributed by atoms with Gasteiger partial charge in [0.05, 0.1) is 27.6 Å². The van der Waals surface area contributed by atoms with Crippen molar-refractivity contribution in [2.75, 3.05) is 0 Å². The van der Waals surface area contributed by atoms with E-state index in [0.29, 0.717) is 23.2 Å². The Bertz CT molecular complexity index is 4770. The summed E-state index contributed by atoms with van der Waals surface area (Å²) >= 11 is 0. The summed E-state index contributed by atoms with van der Waals surface area (Å²) in [6, 6.07) is 75.1. The maximum Gasteiger partial charge on any atom is 0.238 e. The summed E-state index contributed by atoms with van der Waals surface area (Å²) in [7, 11) is 0. The molecule has 0 aliphatic rings. The molecule has 0 unspecified atom stereocenters. The van der Waals surface area contributed by atoms with E-state index in [2.05, 4.69) is 179 Å². The van der Waals surface area contributed by atoms with E-state index < -0.39 is 0 Å². The molecule has 0 aliphatic heterocycles. The van der Waals surface area contributed by atoms with Gasteiger partial charge in [0.25, 0.3) is 0 Å². The van der Waals surface area contributed by atoms with Crippen LogP contribution < -0.4 is 0 Å². The molecular formula is C63H35N5O2. The standard InChI is InChI=1S/C63H35N5O2/c1-3-16-38-33-53-48(30-36(38)14-1)49-31-37-15-2-4-17-39(37)34-54(49)67(53)41-29-28-40-32-50(60-59(47(40)35-41)45-21-8-12-26-56(45)70-60)62-64-61(46-22-13-27-57-58(46)44-20-7-11-25-55(44)69-57)65-63(66-62)68-51-23-9-5-18-42(51)43-19-6-10-24-52(43)68/h1-35H. The highest BCUT2D eigenvalue weighted by Gasteiger charge is 2.25. The topological polar surface area (TPSA) is 74.8 Å². The first-order valence-corrected chi connectivity index (χ1v) is 23.6. The zero-order valence-corrected chi connectivity index (χ0v) is 37.3. The van der Waals surface area contributed by atoms with Crippen molar-refractivity contribution < 1.29 is 8.83 Å². The van der Waals surface area contributed by atoms with Crippen LogP contribution in [-0.2, 0) is 0 Å². The van der Waals surface area contributed by atoms with Gasteiger partial charge in [0.1, 0.15) is 22.3 Å². The number of nitrogens with zero attached hydrogens (tertiary/aromatic N) is 5. The lowest BCUT2D eigenvalue weighted by molar-refractivity contribution is 0.668. The Morgan fingerprint density at radius 3 is 1.49 bits per heavy atom. The monoisotopic (exact) mass is 893 g/mol. The number of hydrogen-bond acceptors (Lipinski definition) is 5. The third-order valence-corrected chi connectivity index (χ3v) is 14.5. The van der Waals surface area contributed by atoms with Crippen LogP contribution in [0.2, 0.25) is 0 Å². The van der Waals surface area contributed by atoms with Gasteiger partial charge in [-0.15, -0.1) is 0 Å². The predicted octanol–water partition coefficient (Wildman–Crippen LogP) is 16.7. The molecule has 16 rings (SSSR count). The molecule has 16 aromatic rings. The van der Waals surface area contributed by atoms with Crippen molar-refractivity contribution in [2.45, 2.75) is 0 Å². The summed E-state index contributed by atoms with van der Waals surface area (Å²) in [4.78, 5) is 16.3. The second-order valence-electron chi connectivity index (χ2n) is 18.3. The number of para-hydroxylation sites is 4. The van der Waals surface area contributed by atoms with Crippen LogP contribution in [0.5, 0.6) is 0 Å². The number of benzene rings is 11. The lowest BCUT2D eigenvalue weighted by atomic mass is 9.99. The molecule has 324 valence electrons. The fourth-order valence-electron chi connectivity index (χ4n) is 11.4. The Labute approximate surface area is 397 Å². The van der Waals surface area contributed by atoms with Crippen LogP contribution in [-0.4, -0.2) is 24.1 Å². The number of aromatic nitrogens is 5. The van der Waals surface area contributed by atoms with E-state index in [1.54, 1.807) is 0 Å². The number of hydrogen-bond donors (Lipinski definition) is 0. The fourth-order valence-corrected chi connectivity index (χ4v) is 11.4. The Morgan fingerprint density at radius 1 is 0.300 bits per heavy atom. The van der Waals surface area contributed by atoms with Gasteiger partial charge in [-0.3, -0.25) is 4.57 Å². The van der Waals surface area contributed by atoms with Gasteiger partial charge < -0.3 is 13.4 Å². The number of furan rings is 2. The molecule has 0 fully saturated rings. The first-order valence-electron chi connectivity index (χ1n) is 23.6. The highest BCUT2D eigenvalue weighted by atomic mass is 16.3. The number of rotatable bonds is 4. The lowest BCUT2D eigenvalue weighted by Gasteiger charge is -2.14. The molecule has 70 heavy (non-hydrogen) atoms. The van der Waals surface area contributed by atoms with Crippen LogP contribution in [0.1, 0.15) is 0 Å². The van der Waals surface area contributed by atoms with Crippen LogP contribution >= 0.6 is 0 Å². The summed E-state index contributed by atoms with van der Waals surface area (Å²) < 4.78 is 18.0. The van der Waals surface area contributed by atoms with Crippen molar-refractivity contribution in [2.24, 2.45) is 0 Å². The Balaban J connectivity index is 0.994. The van der Waals surface area contributed by atoms with E-state index in [1.807, 2.05) is 42.5 Å². The van der Waals surface area contributed by atoms with Crippen molar-refractivity contribution in [3.8, 4) is 34.4 Å². The minimum absolute atomic E-state index is 0.503. The van der Waals surface area contributed by atoms with Crippen LogP contribution in [0.15, 0.2) is 221 Å². The third-order valence-electron chi connectivity index (χ3n) is 14.5. The Hall–Kier alpha value is -9.59. The van der Waals surface area contributed by atoms with E-state index in [1.165, 1.54) is 32.3 Å². The summed E-state index contributed by atoms with van der Waals surface area (Å²) in [6.45, 7) is 0. The average Bonchev–Trinajstić information content (AvgIpc) is 4.17. The first-order chi connectivity index (χ1) is 34.7. The quantitative estimate of drug-likeness (QED) is 0.176. The van der Waals surface area contributed by atoms with Crippen molar-refractivity contribution in [1.82, 2.24) is 24.1 Å². The SMILES string of the molecule is c1ccc2cc3c(cc2c1)c1cc2ccccc2cc1n3-c1ccc2cc(-c3nc(-c4cccc5oc6ccccc6c45)nc(-n4c5ccccc5c5ccccc54)n3)c3oc4ccccc4c3c2c1. The van der Waals surface area contributed by atoms with Gasteiger partial charge in [-0.1, -0.05) is 140 Å². The minimum atomic E-state index is 0.503. The zero-order chi connectivity index (χ0) is 45.6. The summed E-state index contributed by atoms with van der Waals surface area (Å²) in [5, 5.41) is 15.6.